The normalized spacial score (nSPS) is 10.2. The lowest BCUT2D eigenvalue weighted by Gasteiger charge is -2.08. The summed E-state index contributed by atoms with van der Waals surface area (Å²) in [5, 5.41) is 3.40. The number of rotatable bonds is 2. The van der Waals surface area contributed by atoms with Crippen LogP contribution in [0.3, 0.4) is 0 Å². The number of hydrogen-bond acceptors (Lipinski definition) is 1. The lowest BCUT2D eigenvalue weighted by Crippen LogP contribution is -2.13. The molecule has 0 spiro atoms. The first kappa shape index (κ1) is 13.4. The summed E-state index contributed by atoms with van der Waals surface area (Å²) in [6.07, 6.45) is 0. The highest BCUT2D eigenvalue weighted by atomic mass is 79.9. The number of anilines is 1. The second kappa shape index (κ2) is 5.74. The zero-order chi connectivity index (χ0) is 13.1. The molecule has 0 bridgehead atoms. The molecule has 0 radical (unpaired) electrons. The van der Waals surface area contributed by atoms with E-state index in [0.717, 1.165) is 4.47 Å². The molecule has 0 fully saturated rings. The lowest BCUT2D eigenvalue weighted by molar-refractivity contribution is 0.102. The number of carbonyl (C=O) groups is 1. The van der Waals surface area contributed by atoms with Gasteiger partial charge in [-0.1, -0.05) is 51.3 Å². The van der Waals surface area contributed by atoms with Crippen molar-refractivity contribution in [3.63, 3.8) is 0 Å². The van der Waals surface area contributed by atoms with Crippen LogP contribution in [-0.4, -0.2) is 5.91 Å². The second-order valence-electron chi connectivity index (χ2n) is 3.56. The van der Waals surface area contributed by atoms with Crippen molar-refractivity contribution >= 4 is 50.7 Å². The van der Waals surface area contributed by atoms with E-state index >= 15 is 0 Å². The van der Waals surface area contributed by atoms with Crippen molar-refractivity contribution in [3.05, 3.63) is 62.5 Å². The highest BCUT2D eigenvalue weighted by molar-refractivity contribution is 9.10. The summed E-state index contributed by atoms with van der Waals surface area (Å²) < 4.78 is 0.880. The summed E-state index contributed by atoms with van der Waals surface area (Å²) in [6, 6.07) is 12.2. The van der Waals surface area contributed by atoms with E-state index in [1.165, 1.54) is 0 Å². The summed E-state index contributed by atoms with van der Waals surface area (Å²) >= 11 is 15.3. The Morgan fingerprint density at radius 2 is 1.67 bits per heavy atom. The number of benzene rings is 2. The Morgan fingerprint density at radius 3 is 2.28 bits per heavy atom. The first-order chi connectivity index (χ1) is 8.58. The fraction of sp³-hybridized carbons (Fsp3) is 0. The van der Waals surface area contributed by atoms with Gasteiger partial charge in [0.15, 0.2) is 0 Å². The minimum Gasteiger partial charge on any atom is -0.322 e. The van der Waals surface area contributed by atoms with Gasteiger partial charge >= 0.3 is 0 Å². The van der Waals surface area contributed by atoms with E-state index in [4.69, 9.17) is 23.2 Å². The Morgan fingerprint density at radius 1 is 1.06 bits per heavy atom. The van der Waals surface area contributed by atoms with Crippen LogP contribution in [0, 0.1) is 0 Å². The molecule has 0 saturated heterocycles. The maximum absolute atomic E-state index is 12.1. The molecule has 0 aliphatic heterocycles. The quantitative estimate of drug-likeness (QED) is 0.815. The molecule has 92 valence electrons. The Kier molecular flexibility index (Phi) is 4.27. The largest absolute Gasteiger partial charge is 0.322 e. The fourth-order valence-corrected chi connectivity index (χ4v) is 2.44. The highest BCUT2D eigenvalue weighted by Gasteiger charge is 2.14. The molecule has 0 unspecified atom stereocenters. The minimum atomic E-state index is -0.330. The number of carbonyl (C=O) groups excluding carboxylic acids is 1. The summed E-state index contributed by atoms with van der Waals surface area (Å²) in [6.45, 7) is 0. The van der Waals surface area contributed by atoms with Crippen LogP contribution < -0.4 is 5.32 Å². The number of halogens is 3. The zero-order valence-corrected chi connectivity index (χ0v) is 12.2. The molecule has 2 nitrogen and oxygen atoms in total. The van der Waals surface area contributed by atoms with Crippen molar-refractivity contribution in [3.8, 4) is 0 Å². The van der Waals surface area contributed by atoms with Gasteiger partial charge in [-0.25, -0.2) is 0 Å². The van der Waals surface area contributed by atoms with Gasteiger partial charge in [-0.15, -0.1) is 0 Å². The summed E-state index contributed by atoms with van der Waals surface area (Å²) in [4.78, 5) is 12.1. The Balaban J connectivity index is 2.28. The molecule has 18 heavy (non-hydrogen) atoms. The second-order valence-corrected chi connectivity index (χ2v) is 5.29. The van der Waals surface area contributed by atoms with E-state index in [-0.39, 0.29) is 11.5 Å². The molecule has 0 aliphatic rings. The van der Waals surface area contributed by atoms with E-state index in [0.29, 0.717) is 15.7 Å². The van der Waals surface area contributed by atoms with Crippen LogP contribution in [0.1, 0.15) is 10.4 Å². The van der Waals surface area contributed by atoms with Crippen molar-refractivity contribution in [2.75, 3.05) is 5.32 Å². The van der Waals surface area contributed by atoms with Gasteiger partial charge < -0.3 is 5.32 Å². The van der Waals surface area contributed by atoms with E-state index in [2.05, 4.69) is 21.2 Å². The van der Waals surface area contributed by atoms with Crippen LogP contribution in [0.4, 0.5) is 5.69 Å². The molecule has 0 aliphatic carbocycles. The molecule has 2 aromatic carbocycles. The maximum atomic E-state index is 12.1. The van der Waals surface area contributed by atoms with Gasteiger partial charge in [0.1, 0.15) is 0 Å². The zero-order valence-electron chi connectivity index (χ0n) is 9.08. The van der Waals surface area contributed by atoms with Crippen molar-refractivity contribution in [2.45, 2.75) is 0 Å². The summed E-state index contributed by atoms with van der Waals surface area (Å²) in [5.41, 5.74) is 0.950. The molecule has 1 N–H and O–H groups in total. The predicted octanol–water partition coefficient (Wildman–Crippen LogP) is 5.01. The Hall–Kier alpha value is -1.03. The first-order valence-electron chi connectivity index (χ1n) is 5.09. The van der Waals surface area contributed by atoms with Crippen molar-refractivity contribution in [1.29, 1.82) is 0 Å². The predicted molar refractivity (Wildman–Crippen MR) is 78.6 cm³/mol. The van der Waals surface area contributed by atoms with Gasteiger partial charge in [-0.2, -0.15) is 0 Å². The summed E-state index contributed by atoms with van der Waals surface area (Å²) in [7, 11) is 0. The third kappa shape index (κ3) is 3.05. The highest BCUT2D eigenvalue weighted by Crippen LogP contribution is 2.25. The molecule has 0 atom stereocenters. The van der Waals surface area contributed by atoms with E-state index < -0.39 is 0 Å². The Bertz CT molecular complexity index is 581. The van der Waals surface area contributed by atoms with Crippen LogP contribution in [0.5, 0.6) is 0 Å². The summed E-state index contributed by atoms with van der Waals surface area (Å²) in [5.74, 6) is -0.330. The van der Waals surface area contributed by atoms with Crippen molar-refractivity contribution < 1.29 is 4.79 Å². The van der Waals surface area contributed by atoms with Gasteiger partial charge in [0.25, 0.3) is 5.91 Å². The van der Waals surface area contributed by atoms with Gasteiger partial charge in [0.2, 0.25) is 0 Å². The number of amides is 1. The standard InChI is InChI=1S/C13H8BrCl2NO/c14-8-3-1-4-9(7-8)17-13(18)12-10(15)5-2-6-11(12)16/h1-7H,(H,17,18). The molecule has 5 heteroatoms. The van der Waals surface area contributed by atoms with Gasteiger partial charge in [-0.05, 0) is 30.3 Å². The van der Waals surface area contributed by atoms with Crippen LogP contribution in [0.15, 0.2) is 46.9 Å². The average Bonchev–Trinajstić information content (AvgIpc) is 2.28. The van der Waals surface area contributed by atoms with E-state index in [1.54, 1.807) is 30.3 Å². The topological polar surface area (TPSA) is 29.1 Å². The minimum absolute atomic E-state index is 0.279. The Labute approximate surface area is 123 Å². The van der Waals surface area contributed by atoms with E-state index in [1.807, 2.05) is 12.1 Å². The van der Waals surface area contributed by atoms with Gasteiger partial charge in [0.05, 0.1) is 15.6 Å². The first-order valence-corrected chi connectivity index (χ1v) is 6.64. The molecule has 0 heterocycles. The van der Waals surface area contributed by atoms with Crippen LogP contribution in [-0.2, 0) is 0 Å². The molecule has 0 saturated carbocycles. The van der Waals surface area contributed by atoms with Crippen LogP contribution in [0.25, 0.3) is 0 Å². The third-order valence-electron chi connectivity index (χ3n) is 2.27. The van der Waals surface area contributed by atoms with Crippen LogP contribution >= 0.6 is 39.1 Å². The smallest absolute Gasteiger partial charge is 0.258 e. The molecule has 2 rings (SSSR count). The number of nitrogens with one attached hydrogen (secondary N) is 1. The lowest BCUT2D eigenvalue weighted by atomic mass is 10.2. The number of hydrogen-bond donors (Lipinski definition) is 1. The molecule has 0 aromatic heterocycles. The third-order valence-corrected chi connectivity index (χ3v) is 3.40. The average molecular weight is 345 g/mol. The van der Waals surface area contributed by atoms with Gasteiger partial charge in [0, 0.05) is 10.2 Å². The molecule has 2 aromatic rings. The molecular formula is C13H8BrCl2NO. The van der Waals surface area contributed by atoms with Crippen LogP contribution in [0.2, 0.25) is 10.0 Å². The van der Waals surface area contributed by atoms with Crippen molar-refractivity contribution in [2.24, 2.45) is 0 Å². The maximum Gasteiger partial charge on any atom is 0.258 e. The van der Waals surface area contributed by atoms with E-state index in [9.17, 15) is 4.79 Å². The fourth-order valence-electron chi connectivity index (χ4n) is 1.47. The SMILES string of the molecule is O=C(Nc1cccc(Br)c1)c1c(Cl)cccc1Cl. The monoisotopic (exact) mass is 343 g/mol. The molecular weight excluding hydrogens is 337 g/mol. The van der Waals surface area contributed by atoms with Gasteiger partial charge in [-0.3, -0.25) is 4.79 Å². The molecule has 1 amide bonds. The van der Waals surface area contributed by atoms with Crippen molar-refractivity contribution in [1.82, 2.24) is 0 Å².